The van der Waals surface area contributed by atoms with E-state index < -0.39 is 0 Å². The molecule has 0 saturated carbocycles. The van der Waals surface area contributed by atoms with Crippen molar-refractivity contribution in [2.45, 2.75) is 24.7 Å². The van der Waals surface area contributed by atoms with Crippen LogP contribution in [0.1, 0.15) is 24.0 Å². The predicted octanol–water partition coefficient (Wildman–Crippen LogP) is 2.13. The van der Waals surface area contributed by atoms with Crippen LogP contribution in [0.5, 0.6) is 0 Å². The third kappa shape index (κ3) is 4.57. The highest BCUT2D eigenvalue weighted by Gasteiger charge is 2.34. The number of hydrogen-bond acceptors (Lipinski definition) is 4. The van der Waals surface area contributed by atoms with Crippen LogP contribution in [-0.2, 0) is 21.3 Å². The summed E-state index contributed by atoms with van der Waals surface area (Å²) in [5, 5.41) is 12.0. The summed E-state index contributed by atoms with van der Waals surface area (Å²) in [6, 6.07) is 11.5. The number of piperidine rings is 1. The van der Waals surface area contributed by atoms with E-state index in [1.54, 1.807) is 12.1 Å². The summed E-state index contributed by atoms with van der Waals surface area (Å²) in [6.45, 7) is 6.81. The molecule has 0 amide bonds. The monoisotopic (exact) mass is 439 g/mol. The van der Waals surface area contributed by atoms with Gasteiger partial charge in [-0.05, 0) is 55.6 Å². The van der Waals surface area contributed by atoms with Gasteiger partial charge in [-0.15, -0.1) is 0 Å². The van der Waals surface area contributed by atoms with Gasteiger partial charge in [0.05, 0.1) is 38.1 Å². The van der Waals surface area contributed by atoms with E-state index in [0.29, 0.717) is 13.2 Å². The first-order valence-corrected chi connectivity index (χ1v) is 11.7. The summed E-state index contributed by atoms with van der Waals surface area (Å²) < 4.78 is 25.3. The number of quaternary nitrogens is 1. The van der Waals surface area contributed by atoms with Crippen LogP contribution in [0.15, 0.2) is 42.6 Å². The number of fused-ring (bicyclic) bond motifs is 1. The van der Waals surface area contributed by atoms with Gasteiger partial charge in [0.2, 0.25) is 0 Å². The third-order valence-electron chi connectivity index (χ3n) is 7.05. The van der Waals surface area contributed by atoms with Crippen molar-refractivity contribution in [1.29, 1.82) is 0 Å². The average Bonchev–Trinajstić information content (AvgIpc) is 3.32. The standard InChI is InChI=1S/C25H31FN4O2/c26-22-3-1-21(2-4-22)25(6-8-27-9-7-25)18-32-12-5-19-15-23(30-10-13-31-14-11-30)16-20-17-28-29-24(19)20/h1-4,15-17,27H,5-14,18H2,(H,28,29)/p+1. The molecule has 2 aliphatic heterocycles. The largest absolute Gasteiger partial charge is 0.380 e. The first-order chi connectivity index (χ1) is 15.7. The first kappa shape index (κ1) is 21.5. The van der Waals surface area contributed by atoms with Crippen LogP contribution in [0, 0.1) is 5.82 Å². The van der Waals surface area contributed by atoms with E-state index >= 15 is 0 Å². The molecule has 7 heteroatoms. The molecule has 3 aromatic rings. The molecular weight excluding hydrogens is 407 g/mol. The Kier molecular flexibility index (Phi) is 6.50. The van der Waals surface area contributed by atoms with Gasteiger partial charge in [0.15, 0.2) is 0 Å². The van der Waals surface area contributed by atoms with E-state index in [-0.39, 0.29) is 11.2 Å². The molecule has 5 rings (SSSR count). The molecule has 32 heavy (non-hydrogen) atoms. The van der Waals surface area contributed by atoms with Gasteiger partial charge in [0.1, 0.15) is 24.6 Å². The number of halogens is 1. The van der Waals surface area contributed by atoms with Crippen molar-refractivity contribution >= 4 is 16.6 Å². The quantitative estimate of drug-likeness (QED) is 0.494. The Labute approximate surface area is 188 Å². The highest BCUT2D eigenvalue weighted by molar-refractivity contribution is 5.83. The summed E-state index contributed by atoms with van der Waals surface area (Å²) in [6.07, 6.45) is 4.73. The highest BCUT2D eigenvalue weighted by Crippen LogP contribution is 2.34. The minimum Gasteiger partial charge on any atom is -0.380 e. The van der Waals surface area contributed by atoms with Crippen LogP contribution in [-0.4, -0.2) is 62.8 Å². The van der Waals surface area contributed by atoms with Gasteiger partial charge in [-0.2, -0.15) is 5.10 Å². The Morgan fingerprint density at radius 3 is 2.66 bits per heavy atom. The summed E-state index contributed by atoms with van der Waals surface area (Å²) >= 11 is 0. The van der Waals surface area contributed by atoms with E-state index in [4.69, 9.17) is 9.47 Å². The van der Waals surface area contributed by atoms with Gasteiger partial charge in [0.25, 0.3) is 0 Å². The van der Waals surface area contributed by atoms with Gasteiger partial charge < -0.3 is 14.8 Å². The fraction of sp³-hybridized carbons (Fsp3) is 0.480. The lowest BCUT2D eigenvalue weighted by atomic mass is 9.74. The summed E-state index contributed by atoms with van der Waals surface area (Å²) in [5.74, 6) is -0.190. The molecule has 0 atom stereocenters. The van der Waals surface area contributed by atoms with Crippen molar-refractivity contribution in [3.8, 4) is 0 Å². The lowest BCUT2D eigenvalue weighted by molar-refractivity contribution is -0.842. The van der Waals surface area contributed by atoms with Crippen LogP contribution in [0.25, 0.3) is 10.9 Å². The number of benzene rings is 2. The van der Waals surface area contributed by atoms with Crippen molar-refractivity contribution < 1.29 is 18.8 Å². The Balaban J connectivity index is 1.28. The van der Waals surface area contributed by atoms with Crippen LogP contribution in [0.4, 0.5) is 10.1 Å². The molecular formula is C25H32FN4O2+. The SMILES string of the molecule is Fc1ccc(C2(COCCc3cc([NH+]4CCOCC4)cc4cn[nH]c34)CCNCC2)cc1. The molecule has 0 aliphatic carbocycles. The lowest BCUT2D eigenvalue weighted by Crippen LogP contribution is -3.09. The molecule has 3 N–H and O–H groups in total. The second-order valence-corrected chi connectivity index (χ2v) is 9.03. The van der Waals surface area contributed by atoms with Crippen molar-refractivity contribution in [2.75, 3.05) is 52.6 Å². The normalized spacial score (nSPS) is 19.4. The van der Waals surface area contributed by atoms with E-state index in [0.717, 1.165) is 69.6 Å². The number of hydrogen-bond donors (Lipinski definition) is 3. The molecule has 0 spiro atoms. The van der Waals surface area contributed by atoms with Crippen molar-refractivity contribution in [3.63, 3.8) is 0 Å². The Hall–Kier alpha value is -2.32. The summed E-state index contributed by atoms with van der Waals surface area (Å²) in [4.78, 5) is 1.46. The van der Waals surface area contributed by atoms with E-state index in [2.05, 4.69) is 27.6 Å². The van der Waals surface area contributed by atoms with E-state index in [9.17, 15) is 4.39 Å². The smallest absolute Gasteiger partial charge is 0.132 e. The topological polar surface area (TPSA) is 63.6 Å². The summed E-state index contributed by atoms with van der Waals surface area (Å²) in [7, 11) is 0. The van der Waals surface area contributed by atoms with Crippen molar-refractivity contribution in [2.24, 2.45) is 0 Å². The zero-order valence-corrected chi connectivity index (χ0v) is 18.5. The maximum Gasteiger partial charge on any atom is 0.132 e. The van der Waals surface area contributed by atoms with Gasteiger partial charge in [-0.1, -0.05) is 12.1 Å². The van der Waals surface area contributed by atoms with Crippen LogP contribution >= 0.6 is 0 Å². The number of rotatable bonds is 7. The van der Waals surface area contributed by atoms with Gasteiger partial charge in [-0.3, -0.25) is 10.00 Å². The van der Waals surface area contributed by atoms with Gasteiger partial charge in [-0.25, -0.2) is 4.39 Å². The maximum atomic E-state index is 13.5. The minimum atomic E-state index is -0.190. The molecule has 2 aromatic carbocycles. The van der Waals surface area contributed by atoms with Crippen LogP contribution in [0.2, 0.25) is 0 Å². The molecule has 2 saturated heterocycles. The zero-order chi connectivity index (χ0) is 21.8. The fourth-order valence-corrected chi connectivity index (χ4v) is 5.11. The average molecular weight is 440 g/mol. The third-order valence-corrected chi connectivity index (χ3v) is 7.05. The van der Waals surface area contributed by atoms with Gasteiger partial charge >= 0.3 is 0 Å². The number of morpholine rings is 1. The van der Waals surface area contributed by atoms with Crippen LogP contribution < -0.4 is 10.2 Å². The van der Waals surface area contributed by atoms with E-state index in [1.807, 2.05) is 18.3 Å². The molecule has 2 aliphatic rings. The first-order valence-electron chi connectivity index (χ1n) is 11.7. The Bertz CT molecular complexity index is 1020. The molecule has 6 nitrogen and oxygen atoms in total. The molecule has 3 heterocycles. The van der Waals surface area contributed by atoms with Gasteiger partial charge in [0, 0.05) is 22.9 Å². The molecule has 170 valence electrons. The van der Waals surface area contributed by atoms with E-state index in [1.165, 1.54) is 21.7 Å². The Morgan fingerprint density at radius 2 is 1.88 bits per heavy atom. The molecule has 1 aromatic heterocycles. The molecule has 0 bridgehead atoms. The number of ether oxygens (including phenoxy) is 2. The lowest BCUT2D eigenvalue weighted by Gasteiger charge is -2.38. The number of nitrogens with zero attached hydrogens (tertiary/aromatic N) is 1. The number of nitrogens with one attached hydrogen (secondary N) is 3. The zero-order valence-electron chi connectivity index (χ0n) is 18.5. The molecule has 2 fully saturated rings. The maximum absolute atomic E-state index is 13.5. The summed E-state index contributed by atoms with van der Waals surface area (Å²) in [5.41, 5.74) is 4.77. The second-order valence-electron chi connectivity index (χ2n) is 9.03. The number of aromatic nitrogens is 2. The minimum absolute atomic E-state index is 0.0535. The predicted molar refractivity (Wildman–Crippen MR) is 122 cm³/mol. The van der Waals surface area contributed by atoms with Crippen LogP contribution in [0.3, 0.4) is 0 Å². The number of H-pyrrole nitrogens is 1. The highest BCUT2D eigenvalue weighted by atomic mass is 19.1. The number of aromatic amines is 1. The fourth-order valence-electron chi connectivity index (χ4n) is 5.11. The van der Waals surface area contributed by atoms with Crippen molar-refractivity contribution in [3.05, 3.63) is 59.5 Å². The Morgan fingerprint density at radius 1 is 1.09 bits per heavy atom. The molecule has 0 radical (unpaired) electrons. The molecule has 0 unspecified atom stereocenters. The second kappa shape index (κ2) is 9.67. The van der Waals surface area contributed by atoms with Crippen molar-refractivity contribution in [1.82, 2.24) is 15.5 Å².